The zero-order chi connectivity index (χ0) is 18.0. The largest absolute Gasteiger partial charge is 0.326 e. The normalized spacial score (nSPS) is 18.9. The van der Waals surface area contributed by atoms with Gasteiger partial charge < -0.3 is 5.32 Å². The Morgan fingerprint density at radius 2 is 2.16 bits per heavy atom. The van der Waals surface area contributed by atoms with Gasteiger partial charge in [0.05, 0.1) is 5.92 Å². The predicted molar refractivity (Wildman–Crippen MR) is 95.6 cm³/mol. The Kier molecular flexibility index (Phi) is 5.21. The lowest BCUT2D eigenvalue weighted by Gasteiger charge is -2.30. The van der Waals surface area contributed by atoms with Crippen LogP contribution in [0.1, 0.15) is 18.4 Å². The number of anilines is 1. The molecule has 0 spiro atoms. The second kappa shape index (κ2) is 7.23. The summed E-state index contributed by atoms with van der Waals surface area (Å²) >= 11 is 1.17. The van der Waals surface area contributed by atoms with Gasteiger partial charge in [-0.1, -0.05) is 6.07 Å². The summed E-state index contributed by atoms with van der Waals surface area (Å²) in [5, 5.41) is 4.51. The highest BCUT2D eigenvalue weighted by molar-refractivity contribution is 7.91. The smallest absolute Gasteiger partial charge is 0.252 e. The first kappa shape index (κ1) is 18.0. The minimum atomic E-state index is -3.55. The number of benzene rings is 1. The van der Waals surface area contributed by atoms with Gasteiger partial charge in [0.1, 0.15) is 10.0 Å². The second-order valence-electron chi connectivity index (χ2n) is 6.08. The highest BCUT2D eigenvalue weighted by Crippen LogP contribution is 2.27. The van der Waals surface area contributed by atoms with Gasteiger partial charge in [0, 0.05) is 18.8 Å². The molecule has 3 rings (SSSR count). The SMILES string of the molecule is Cc1cc(F)ccc1NC(=O)[C@H]1CCCN(S(=O)(=O)c2cccs2)C1. The van der Waals surface area contributed by atoms with Crippen molar-refractivity contribution in [3.63, 3.8) is 0 Å². The summed E-state index contributed by atoms with van der Waals surface area (Å²) in [4.78, 5) is 12.5. The Labute approximate surface area is 150 Å². The van der Waals surface area contributed by atoms with Crippen molar-refractivity contribution >= 4 is 33.0 Å². The number of hydrogen-bond acceptors (Lipinski definition) is 4. The molecule has 0 saturated carbocycles. The van der Waals surface area contributed by atoms with Crippen LogP contribution in [0.4, 0.5) is 10.1 Å². The number of piperidine rings is 1. The molecule has 1 N–H and O–H groups in total. The van der Waals surface area contributed by atoms with E-state index in [1.165, 1.54) is 33.8 Å². The van der Waals surface area contributed by atoms with Crippen molar-refractivity contribution in [3.8, 4) is 0 Å². The van der Waals surface area contributed by atoms with Crippen LogP contribution in [0, 0.1) is 18.7 Å². The Hall–Kier alpha value is -1.77. The van der Waals surface area contributed by atoms with Gasteiger partial charge in [-0.2, -0.15) is 4.31 Å². The van der Waals surface area contributed by atoms with Crippen LogP contribution in [0.3, 0.4) is 0 Å². The van der Waals surface area contributed by atoms with Gasteiger partial charge in [0.25, 0.3) is 10.0 Å². The van der Waals surface area contributed by atoms with E-state index in [1.54, 1.807) is 24.4 Å². The number of amides is 1. The van der Waals surface area contributed by atoms with Crippen LogP contribution in [-0.4, -0.2) is 31.7 Å². The van der Waals surface area contributed by atoms with E-state index in [4.69, 9.17) is 0 Å². The molecule has 1 saturated heterocycles. The predicted octanol–water partition coefficient (Wildman–Crippen LogP) is 3.24. The minimum absolute atomic E-state index is 0.159. The fraction of sp³-hybridized carbons (Fsp3) is 0.353. The van der Waals surface area contributed by atoms with Crippen molar-refractivity contribution < 1.29 is 17.6 Å². The molecule has 0 radical (unpaired) electrons. The van der Waals surface area contributed by atoms with Crippen LogP contribution >= 0.6 is 11.3 Å². The van der Waals surface area contributed by atoms with E-state index < -0.39 is 15.9 Å². The topological polar surface area (TPSA) is 66.5 Å². The van der Waals surface area contributed by atoms with Gasteiger partial charge in [-0.3, -0.25) is 4.79 Å². The molecule has 1 aromatic heterocycles. The van der Waals surface area contributed by atoms with Crippen molar-refractivity contribution in [1.29, 1.82) is 0 Å². The lowest BCUT2D eigenvalue weighted by atomic mass is 9.98. The molecule has 2 aromatic rings. The average molecular weight is 382 g/mol. The van der Waals surface area contributed by atoms with E-state index in [0.29, 0.717) is 34.8 Å². The molecule has 5 nitrogen and oxygen atoms in total. The van der Waals surface area contributed by atoms with Gasteiger partial charge in [-0.05, 0) is 55.0 Å². The van der Waals surface area contributed by atoms with Crippen molar-refractivity contribution in [3.05, 3.63) is 47.1 Å². The van der Waals surface area contributed by atoms with Gasteiger partial charge in [-0.15, -0.1) is 11.3 Å². The number of halogens is 1. The van der Waals surface area contributed by atoms with Crippen LogP contribution in [0.5, 0.6) is 0 Å². The Morgan fingerprint density at radius 1 is 1.36 bits per heavy atom. The van der Waals surface area contributed by atoms with Gasteiger partial charge in [-0.25, -0.2) is 12.8 Å². The van der Waals surface area contributed by atoms with E-state index >= 15 is 0 Å². The summed E-state index contributed by atoms with van der Waals surface area (Å²) in [5.74, 6) is -1.02. The molecule has 25 heavy (non-hydrogen) atoms. The van der Waals surface area contributed by atoms with Crippen molar-refractivity contribution in [2.45, 2.75) is 24.0 Å². The summed E-state index contributed by atoms with van der Waals surface area (Å²) in [6.07, 6.45) is 1.26. The van der Waals surface area contributed by atoms with E-state index in [2.05, 4.69) is 5.32 Å². The summed E-state index contributed by atoms with van der Waals surface area (Å²) < 4.78 is 40.1. The van der Waals surface area contributed by atoms with Gasteiger partial charge >= 0.3 is 0 Å². The Morgan fingerprint density at radius 3 is 2.84 bits per heavy atom. The first-order chi connectivity index (χ1) is 11.9. The quantitative estimate of drug-likeness (QED) is 0.883. The third-order valence-electron chi connectivity index (χ3n) is 4.29. The maximum Gasteiger partial charge on any atom is 0.252 e. The number of rotatable bonds is 4. The fourth-order valence-corrected chi connectivity index (χ4v) is 5.58. The molecule has 1 atom stereocenters. The molecular formula is C17H19FN2O3S2. The van der Waals surface area contributed by atoms with Crippen LogP contribution in [-0.2, 0) is 14.8 Å². The van der Waals surface area contributed by atoms with Crippen LogP contribution in [0.25, 0.3) is 0 Å². The number of carbonyl (C=O) groups is 1. The number of hydrogen-bond donors (Lipinski definition) is 1. The summed E-state index contributed by atoms with van der Waals surface area (Å²) in [7, 11) is -3.55. The maximum atomic E-state index is 13.2. The fourth-order valence-electron chi connectivity index (χ4n) is 2.91. The lowest BCUT2D eigenvalue weighted by Crippen LogP contribution is -2.43. The molecule has 0 unspecified atom stereocenters. The number of carbonyl (C=O) groups excluding carboxylic acids is 1. The van der Waals surface area contributed by atoms with E-state index in [9.17, 15) is 17.6 Å². The van der Waals surface area contributed by atoms with Crippen molar-refractivity contribution in [2.24, 2.45) is 5.92 Å². The Bertz CT molecular complexity index is 866. The van der Waals surface area contributed by atoms with E-state index in [1.807, 2.05) is 0 Å². The molecule has 1 fully saturated rings. The number of thiophene rings is 1. The van der Waals surface area contributed by atoms with Crippen LogP contribution in [0.2, 0.25) is 0 Å². The van der Waals surface area contributed by atoms with Gasteiger partial charge in [0.2, 0.25) is 5.91 Å². The standard InChI is InChI=1S/C17H19FN2O3S2/c1-12-10-14(18)6-7-15(12)19-17(21)13-4-2-8-20(11-13)25(22,23)16-5-3-9-24-16/h3,5-7,9-10,13H,2,4,8,11H2,1H3,(H,19,21)/t13-/m0/s1. The molecule has 1 aromatic carbocycles. The third kappa shape index (κ3) is 3.91. The third-order valence-corrected chi connectivity index (χ3v) is 7.53. The molecule has 2 heterocycles. The summed E-state index contributed by atoms with van der Waals surface area (Å²) in [5.41, 5.74) is 1.18. The number of nitrogens with zero attached hydrogens (tertiary/aromatic N) is 1. The molecule has 1 aliphatic heterocycles. The molecular weight excluding hydrogens is 363 g/mol. The zero-order valence-corrected chi connectivity index (χ0v) is 15.4. The van der Waals surface area contributed by atoms with Crippen molar-refractivity contribution in [1.82, 2.24) is 4.31 Å². The maximum absolute atomic E-state index is 13.2. The Balaban J connectivity index is 1.72. The molecule has 1 aliphatic rings. The summed E-state index contributed by atoms with van der Waals surface area (Å²) in [6.45, 7) is 2.29. The molecule has 8 heteroatoms. The molecule has 134 valence electrons. The van der Waals surface area contributed by atoms with Crippen molar-refractivity contribution in [2.75, 3.05) is 18.4 Å². The van der Waals surface area contributed by atoms with E-state index in [-0.39, 0.29) is 18.3 Å². The highest BCUT2D eigenvalue weighted by atomic mass is 32.2. The molecule has 0 aliphatic carbocycles. The van der Waals surface area contributed by atoms with Gasteiger partial charge in [0.15, 0.2) is 0 Å². The zero-order valence-electron chi connectivity index (χ0n) is 13.7. The monoisotopic (exact) mass is 382 g/mol. The molecule has 0 bridgehead atoms. The number of sulfonamides is 1. The first-order valence-electron chi connectivity index (χ1n) is 7.98. The highest BCUT2D eigenvalue weighted by Gasteiger charge is 2.33. The number of aryl methyl sites for hydroxylation is 1. The lowest BCUT2D eigenvalue weighted by molar-refractivity contribution is -0.120. The molecule has 1 amide bonds. The summed E-state index contributed by atoms with van der Waals surface area (Å²) in [6, 6.07) is 7.43. The van der Waals surface area contributed by atoms with E-state index in [0.717, 1.165) is 0 Å². The number of nitrogens with one attached hydrogen (secondary N) is 1. The van der Waals surface area contributed by atoms with Crippen LogP contribution in [0.15, 0.2) is 39.9 Å². The minimum Gasteiger partial charge on any atom is -0.326 e. The first-order valence-corrected chi connectivity index (χ1v) is 10.3. The van der Waals surface area contributed by atoms with Crippen LogP contribution < -0.4 is 5.32 Å². The second-order valence-corrected chi connectivity index (χ2v) is 9.20. The average Bonchev–Trinajstić information content (AvgIpc) is 3.13.